The number of aromatic nitrogens is 2. The van der Waals surface area contributed by atoms with E-state index in [2.05, 4.69) is 20.2 Å². The van der Waals surface area contributed by atoms with Gasteiger partial charge in [0, 0.05) is 43.6 Å². The number of benzene rings is 2. The third kappa shape index (κ3) is 5.56. The Bertz CT molecular complexity index is 1660. The first-order valence-electron chi connectivity index (χ1n) is 12.4. The lowest BCUT2D eigenvalue weighted by atomic mass is 9.99. The Hall–Kier alpha value is -3.67. The van der Waals surface area contributed by atoms with Crippen LogP contribution in [0, 0.1) is 18.6 Å². The quantitative estimate of drug-likeness (QED) is 0.347. The molecular formula is C28H28F2N4O4S. The average Bonchev–Trinajstić information content (AvgIpc) is 2.90. The van der Waals surface area contributed by atoms with Crippen molar-refractivity contribution in [3.8, 4) is 11.3 Å². The van der Waals surface area contributed by atoms with Crippen LogP contribution in [0.4, 0.5) is 25.8 Å². The van der Waals surface area contributed by atoms with Crippen LogP contribution in [0.15, 0.2) is 53.7 Å². The fourth-order valence-corrected chi connectivity index (χ4v) is 5.70. The fourth-order valence-electron chi connectivity index (χ4n) is 4.83. The van der Waals surface area contributed by atoms with E-state index in [9.17, 15) is 17.9 Å². The van der Waals surface area contributed by atoms with Gasteiger partial charge in [0.05, 0.1) is 64.2 Å². The summed E-state index contributed by atoms with van der Waals surface area (Å²) in [5.74, 6) is -1.61. The number of aliphatic hydroxyl groups excluding tert-OH is 1. The van der Waals surface area contributed by atoms with Crippen molar-refractivity contribution in [2.45, 2.75) is 18.2 Å². The summed E-state index contributed by atoms with van der Waals surface area (Å²) in [7, 11) is -3.69. The third-order valence-electron chi connectivity index (χ3n) is 6.72. The summed E-state index contributed by atoms with van der Waals surface area (Å²) < 4.78 is 60.4. The van der Waals surface area contributed by atoms with Gasteiger partial charge < -0.3 is 20.1 Å². The van der Waals surface area contributed by atoms with E-state index in [0.717, 1.165) is 24.1 Å². The highest BCUT2D eigenvalue weighted by atomic mass is 32.2. The van der Waals surface area contributed by atoms with Gasteiger partial charge in [-0.05, 0) is 42.7 Å². The molecule has 204 valence electrons. The van der Waals surface area contributed by atoms with Crippen LogP contribution in [0.3, 0.4) is 0 Å². The largest absolute Gasteiger partial charge is 0.396 e. The summed E-state index contributed by atoms with van der Waals surface area (Å²) in [5.41, 5.74) is 3.49. The molecule has 4 aromatic rings. The maximum atomic E-state index is 15.2. The van der Waals surface area contributed by atoms with E-state index in [1.165, 1.54) is 6.07 Å². The smallest absolute Gasteiger partial charge is 0.176 e. The Labute approximate surface area is 225 Å². The number of hydrogen-bond acceptors (Lipinski definition) is 8. The van der Waals surface area contributed by atoms with Gasteiger partial charge in [0.25, 0.3) is 0 Å². The first-order valence-corrected chi connectivity index (χ1v) is 14.3. The van der Waals surface area contributed by atoms with E-state index in [1.807, 2.05) is 6.07 Å². The number of nitrogens with zero attached hydrogens (tertiary/aromatic N) is 3. The molecule has 8 nitrogen and oxygen atoms in total. The van der Waals surface area contributed by atoms with Crippen LogP contribution in [-0.2, 0) is 21.0 Å². The number of morpholine rings is 1. The number of fused-ring (bicyclic) bond motifs is 1. The zero-order valence-electron chi connectivity index (χ0n) is 21.5. The number of nitrogens with one attached hydrogen (secondary N) is 1. The van der Waals surface area contributed by atoms with E-state index in [-0.39, 0.29) is 33.7 Å². The molecule has 2 N–H and O–H groups in total. The van der Waals surface area contributed by atoms with Crippen molar-refractivity contribution in [3.05, 3.63) is 71.6 Å². The van der Waals surface area contributed by atoms with Crippen molar-refractivity contribution in [2.24, 2.45) is 0 Å². The summed E-state index contributed by atoms with van der Waals surface area (Å²) in [6.07, 6.45) is 4.73. The second-order valence-electron chi connectivity index (χ2n) is 9.47. The van der Waals surface area contributed by atoms with Crippen molar-refractivity contribution >= 4 is 37.8 Å². The van der Waals surface area contributed by atoms with E-state index < -0.39 is 21.5 Å². The molecule has 2 aromatic carbocycles. The van der Waals surface area contributed by atoms with Crippen molar-refractivity contribution in [1.82, 2.24) is 9.97 Å². The number of ether oxygens (including phenoxy) is 1. The third-order valence-corrected chi connectivity index (χ3v) is 7.87. The van der Waals surface area contributed by atoms with Gasteiger partial charge in [-0.15, -0.1) is 0 Å². The monoisotopic (exact) mass is 554 g/mol. The van der Waals surface area contributed by atoms with Gasteiger partial charge in [-0.1, -0.05) is 6.07 Å². The van der Waals surface area contributed by atoms with Crippen molar-refractivity contribution in [3.63, 3.8) is 0 Å². The molecule has 3 heterocycles. The van der Waals surface area contributed by atoms with Gasteiger partial charge in [-0.2, -0.15) is 0 Å². The summed E-state index contributed by atoms with van der Waals surface area (Å²) in [5, 5.41) is 12.8. The van der Waals surface area contributed by atoms with E-state index in [1.54, 1.807) is 31.5 Å². The van der Waals surface area contributed by atoms with Gasteiger partial charge in [0.15, 0.2) is 9.84 Å². The first kappa shape index (κ1) is 26.9. The Balaban J connectivity index is 1.72. The molecule has 0 saturated carbocycles. The lowest BCUT2D eigenvalue weighted by Gasteiger charge is -2.28. The minimum Gasteiger partial charge on any atom is -0.396 e. The number of hydrogen-bond donors (Lipinski definition) is 2. The molecule has 2 aromatic heterocycles. The zero-order valence-corrected chi connectivity index (χ0v) is 22.4. The maximum Gasteiger partial charge on any atom is 0.176 e. The highest BCUT2D eigenvalue weighted by molar-refractivity contribution is 7.90. The minimum absolute atomic E-state index is 0.0259. The molecule has 1 fully saturated rings. The summed E-state index contributed by atoms with van der Waals surface area (Å²) in [6.45, 7) is 4.19. The van der Waals surface area contributed by atoms with Crippen LogP contribution in [0.2, 0.25) is 0 Å². The Morgan fingerprint density at radius 3 is 2.59 bits per heavy atom. The Morgan fingerprint density at radius 2 is 1.87 bits per heavy atom. The van der Waals surface area contributed by atoms with Crippen LogP contribution >= 0.6 is 0 Å². The molecule has 0 unspecified atom stereocenters. The number of rotatable bonds is 7. The molecule has 0 amide bonds. The van der Waals surface area contributed by atoms with E-state index in [4.69, 9.17) is 4.74 Å². The highest BCUT2D eigenvalue weighted by Gasteiger charge is 2.23. The average molecular weight is 555 g/mol. The second kappa shape index (κ2) is 10.8. The predicted molar refractivity (Wildman–Crippen MR) is 146 cm³/mol. The molecule has 11 heteroatoms. The first-order chi connectivity index (χ1) is 18.7. The van der Waals surface area contributed by atoms with Crippen molar-refractivity contribution in [2.75, 3.05) is 49.4 Å². The van der Waals surface area contributed by atoms with Gasteiger partial charge in [0.2, 0.25) is 0 Å². The molecule has 0 radical (unpaired) electrons. The highest BCUT2D eigenvalue weighted by Crippen LogP contribution is 2.39. The van der Waals surface area contributed by atoms with E-state index >= 15 is 4.39 Å². The second-order valence-corrected chi connectivity index (χ2v) is 11.5. The van der Waals surface area contributed by atoms with Gasteiger partial charge in [0.1, 0.15) is 11.6 Å². The van der Waals surface area contributed by atoms with E-state index in [0.29, 0.717) is 55.2 Å². The van der Waals surface area contributed by atoms with Gasteiger partial charge >= 0.3 is 0 Å². The lowest BCUT2D eigenvalue weighted by molar-refractivity contribution is 0.122. The molecule has 0 spiro atoms. The van der Waals surface area contributed by atoms with Crippen LogP contribution < -0.4 is 10.2 Å². The van der Waals surface area contributed by atoms with Crippen LogP contribution in [0.25, 0.3) is 22.2 Å². The summed E-state index contributed by atoms with van der Waals surface area (Å²) in [6, 6.07) is 8.54. The molecule has 1 saturated heterocycles. The molecule has 0 aliphatic carbocycles. The SMILES string of the molecule is Cc1c(-c2cc(CCO)ccc2S(C)(=O)=O)nc2cc(F)cc(F)c2c1Nc1cncc(N2CCOCC2)c1. The number of pyridine rings is 2. The zero-order chi connectivity index (χ0) is 27.7. The molecule has 1 aliphatic heterocycles. The number of aliphatic hydroxyl groups is 1. The summed E-state index contributed by atoms with van der Waals surface area (Å²) >= 11 is 0. The van der Waals surface area contributed by atoms with Crippen molar-refractivity contribution in [1.29, 1.82) is 0 Å². The number of halogens is 2. The van der Waals surface area contributed by atoms with Crippen LogP contribution in [0.1, 0.15) is 11.1 Å². The summed E-state index contributed by atoms with van der Waals surface area (Å²) in [4.78, 5) is 11.1. The van der Waals surface area contributed by atoms with Gasteiger partial charge in [-0.25, -0.2) is 22.2 Å². The Morgan fingerprint density at radius 1 is 1.10 bits per heavy atom. The van der Waals surface area contributed by atoms with Gasteiger partial charge in [-0.3, -0.25) is 4.98 Å². The normalized spacial score (nSPS) is 14.1. The number of anilines is 3. The number of sulfone groups is 1. The predicted octanol–water partition coefficient (Wildman–Crippen LogP) is 4.40. The van der Waals surface area contributed by atoms with Crippen LogP contribution in [-0.4, -0.2) is 62.7 Å². The Kier molecular flexibility index (Phi) is 7.48. The molecule has 39 heavy (non-hydrogen) atoms. The maximum absolute atomic E-state index is 15.2. The van der Waals surface area contributed by atoms with Crippen LogP contribution in [0.5, 0.6) is 0 Å². The molecule has 1 aliphatic rings. The minimum atomic E-state index is -3.69. The molecule has 5 rings (SSSR count). The molecular weight excluding hydrogens is 526 g/mol. The topological polar surface area (TPSA) is 105 Å². The molecule has 0 atom stereocenters. The lowest BCUT2D eigenvalue weighted by Crippen LogP contribution is -2.36. The molecule has 0 bridgehead atoms. The standard InChI is InChI=1S/C28H28F2N4O4S/c1-17-27(22-11-18(5-8-35)3-4-25(22)39(2,36)37)33-24-13-19(29)12-23(30)26(24)28(17)32-20-14-21(16-31-15-20)34-6-9-38-10-7-34/h3-4,11-16,35H,5-10H2,1-2H3,(H,32,33). The van der Waals surface area contributed by atoms with Crippen molar-refractivity contribution < 1.29 is 27.0 Å². The fraction of sp³-hybridized carbons (Fsp3) is 0.286.